The smallest absolute Gasteiger partial charge is 0.324 e. The van der Waals surface area contributed by atoms with Crippen LogP contribution in [0.5, 0.6) is 12.0 Å². The molecular formula is C6H9N5O3. The number of amides is 1. The van der Waals surface area contributed by atoms with Gasteiger partial charge in [0, 0.05) is 0 Å². The Kier molecular flexibility index (Phi) is 3.41. The number of hydrogen-bond acceptors (Lipinski definition) is 7. The van der Waals surface area contributed by atoms with E-state index in [1.165, 1.54) is 14.2 Å². The van der Waals surface area contributed by atoms with Crippen molar-refractivity contribution in [1.82, 2.24) is 20.4 Å². The maximum Gasteiger partial charge on any atom is 0.324 e. The zero-order chi connectivity index (χ0) is 10.4. The summed E-state index contributed by atoms with van der Waals surface area (Å²) in [6, 6.07) is 0.180. The van der Waals surface area contributed by atoms with Gasteiger partial charge in [0.25, 0.3) is 5.95 Å². The highest BCUT2D eigenvalue weighted by molar-refractivity contribution is 5.49. The fourth-order valence-corrected chi connectivity index (χ4v) is 0.670. The quantitative estimate of drug-likeness (QED) is 0.461. The molecule has 8 heteroatoms. The molecule has 14 heavy (non-hydrogen) atoms. The van der Waals surface area contributed by atoms with Crippen LogP contribution in [-0.2, 0) is 4.79 Å². The molecule has 2 N–H and O–H groups in total. The molecule has 0 radical (unpaired) electrons. The second kappa shape index (κ2) is 4.80. The molecule has 0 unspecified atom stereocenters. The van der Waals surface area contributed by atoms with Gasteiger partial charge in [0.1, 0.15) is 0 Å². The zero-order valence-corrected chi connectivity index (χ0v) is 7.64. The summed E-state index contributed by atoms with van der Waals surface area (Å²) in [4.78, 5) is 21.3. The van der Waals surface area contributed by atoms with Gasteiger partial charge in [-0.25, -0.2) is 0 Å². The van der Waals surface area contributed by atoms with Crippen LogP contribution in [0, 0.1) is 0 Å². The molecule has 0 aliphatic carbocycles. The third kappa shape index (κ3) is 2.44. The van der Waals surface area contributed by atoms with E-state index in [2.05, 4.69) is 25.8 Å². The van der Waals surface area contributed by atoms with Crippen molar-refractivity contribution >= 4 is 12.4 Å². The highest BCUT2D eigenvalue weighted by Gasteiger charge is 2.05. The molecule has 0 aliphatic heterocycles. The predicted molar refractivity (Wildman–Crippen MR) is 45.8 cm³/mol. The minimum Gasteiger partial charge on any atom is -0.467 e. The first kappa shape index (κ1) is 9.96. The Bertz CT molecular complexity index is 296. The van der Waals surface area contributed by atoms with Gasteiger partial charge in [0.05, 0.1) is 14.2 Å². The van der Waals surface area contributed by atoms with E-state index in [-0.39, 0.29) is 18.0 Å². The molecule has 0 saturated heterocycles. The van der Waals surface area contributed by atoms with Gasteiger partial charge < -0.3 is 9.47 Å². The molecule has 1 aromatic rings. The molecule has 1 rings (SSSR count). The Morgan fingerprint density at radius 2 is 1.71 bits per heavy atom. The largest absolute Gasteiger partial charge is 0.467 e. The summed E-state index contributed by atoms with van der Waals surface area (Å²) in [5, 5.41) is 0. The van der Waals surface area contributed by atoms with Gasteiger partial charge in [-0.05, 0) is 0 Å². The Balaban J connectivity index is 2.86. The van der Waals surface area contributed by atoms with Crippen LogP contribution >= 0.6 is 0 Å². The average molecular weight is 199 g/mol. The molecule has 1 aromatic heterocycles. The lowest BCUT2D eigenvalue weighted by molar-refractivity contribution is -0.109. The predicted octanol–water partition coefficient (Wildman–Crippen LogP) is -1.04. The summed E-state index contributed by atoms with van der Waals surface area (Å²) in [5.74, 6) is 0.126. The second-order valence-electron chi connectivity index (χ2n) is 2.02. The minimum atomic E-state index is 0.0899. The number of carbonyl (C=O) groups excluding carboxylic acids is 1. The highest BCUT2D eigenvalue weighted by Crippen LogP contribution is 2.10. The van der Waals surface area contributed by atoms with Crippen LogP contribution in [0.3, 0.4) is 0 Å². The normalized spacial score (nSPS) is 9.00. The van der Waals surface area contributed by atoms with Crippen molar-refractivity contribution in [3.63, 3.8) is 0 Å². The summed E-state index contributed by atoms with van der Waals surface area (Å²) >= 11 is 0. The van der Waals surface area contributed by atoms with Crippen LogP contribution in [0.25, 0.3) is 0 Å². The molecule has 0 atom stereocenters. The van der Waals surface area contributed by atoms with E-state index in [0.29, 0.717) is 6.41 Å². The lowest BCUT2D eigenvalue weighted by atomic mass is 10.9. The third-order valence-electron chi connectivity index (χ3n) is 1.20. The number of ether oxygens (including phenoxy) is 2. The number of hydrogen-bond donors (Lipinski definition) is 2. The third-order valence-corrected chi connectivity index (χ3v) is 1.20. The first-order valence-electron chi connectivity index (χ1n) is 3.59. The van der Waals surface area contributed by atoms with Crippen molar-refractivity contribution in [2.24, 2.45) is 0 Å². The molecule has 1 amide bonds. The minimum absolute atomic E-state index is 0.0899. The number of carbonyl (C=O) groups is 1. The van der Waals surface area contributed by atoms with Gasteiger partial charge in [-0.2, -0.15) is 9.97 Å². The van der Waals surface area contributed by atoms with E-state index in [9.17, 15) is 4.79 Å². The monoisotopic (exact) mass is 199 g/mol. The molecular weight excluding hydrogens is 190 g/mol. The maximum absolute atomic E-state index is 9.98. The van der Waals surface area contributed by atoms with E-state index in [0.717, 1.165) is 0 Å². The molecule has 0 aromatic carbocycles. The van der Waals surface area contributed by atoms with Gasteiger partial charge in [0.2, 0.25) is 6.41 Å². The molecule has 0 bridgehead atoms. The molecule has 0 fully saturated rings. The summed E-state index contributed by atoms with van der Waals surface area (Å²) in [7, 11) is 2.82. The topological polar surface area (TPSA) is 98.3 Å². The lowest BCUT2D eigenvalue weighted by Crippen LogP contribution is -2.21. The van der Waals surface area contributed by atoms with Crippen molar-refractivity contribution in [2.75, 3.05) is 19.6 Å². The Morgan fingerprint density at radius 3 is 2.14 bits per heavy atom. The van der Waals surface area contributed by atoms with Crippen molar-refractivity contribution in [2.45, 2.75) is 0 Å². The SMILES string of the molecule is COc1nc(NNC=O)nc(OC)n1. The molecule has 0 spiro atoms. The number of aromatic nitrogens is 3. The molecule has 76 valence electrons. The van der Waals surface area contributed by atoms with E-state index in [1.807, 2.05) is 0 Å². The van der Waals surface area contributed by atoms with E-state index in [4.69, 9.17) is 9.47 Å². The van der Waals surface area contributed by atoms with Crippen LogP contribution in [0.1, 0.15) is 0 Å². The number of hydrazine groups is 1. The highest BCUT2D eigenvalue weighted by atomic mass is 16.5. The van der Waals surface area contributed by atoms with E-state index in [1.54, 1.807) is 0 Å². The van der Waals surface area contributed by atoms with Crippen molar-refractivity contribution in [1.29, 1.82) is 0 Å². The summed E-state index contributed by atoms with van der Waals surface area (Å²) in [6.45, 7) is 0. The van der Waals surface area contributed by atoms with Crippen LogP contribution in [-0.4, -0.2) is 35.6 Å². The summed E-state index contributed by atoms with van der Waals surface area (Å²) < 4.78 is 9.56. The van der Waals surface area contributed by atoms with Gasteiger partial charge in [-0.15, -0.1) is 4.98 Å². The van der Waals surface area contributed by atoms with E-state index < -0.39 is 0 Å². The van der Waals surface area contributed by atoms with Gasteiger partial charge in [-0.1, -0.05) is 0 Å². The fraction of sp³-hybridized carbons (Fsp3) is 0.333. The van der Waals surface area contributed by atoms with Crippen molar-refractivity contribution in [3.8, 4) is 12.0 Å². The standard InChI is InChI=1S/C6H9N5O3/c1-13-5-8-4(11-7-3-12)9-6(10-5)14-2/h3H,1-2H3,(H,7,12)(H,8,9,10,11). The first-order valence-corrected chi connectivity index (χ1v) is 3.59. The Labute approximate surface area is 79.6 Å². The second-order valence-corrected chi connectivity index (χ2v) is 2.02. The first-order chi connectivity index (χ1) is 6.80. The number of anilines is 1. The number of nitrogens with zero attached hydrogens (tertiary/aromatic N) is 3. The Hall–Kier alpha value is -2.12. The summed E-state index contributed by atoms with van der Waals surface area (Å²) in [5.41, 5.74) is 4.58. The maximum atomic E-state index is 9.98. The fourth-order valence-electron chi connectivity index (χ4n) is 0.670. The number of nitrogens with one attached hydrogen (secondary N) is 2. The van der Waals surface area contributed by atoms with Crippen LogP contribution < -0.4 is 20.3 Å². The Morgan fingerprint density at radius 1 is 1.14 bits per heavy atom. The van der Waals surface area contributed by atoms with Crippen molar-refractivity contribution < 1.29 is 14.3 Å². The van der Waals surface area contributed by atoms with Crippen LogP contribution in [0.15, 0.2) is 0 Å². The molecule has 0 saturated carbocycles. The summed E-state index contributed by atoms with van der Waals surface area (Å²) in [6.07, 6.45) is 0.447. The zero-order valence-electron chi connectivity index (χ0n) is 7.64. The number of methoxy groups -OCH3 is 2. The van der Waals surface area contributed by atoms with Crippen LogP contribution in [0.4, 0.5) is 5.95 Å². The average Bonchev–Trinajstić information content (AvgIpc) is 2.25. The van der Waals surface area contributed by atoms with Gasteiger partial charge in [-0.3, -0.25) is 15.6 Å². The van der Waals surface area contributed by atoms with Gasteiger partial charge in [0.15, 0.2) is 0 Å². The van der Waals surface area contributed by atoms with Crippen LogP contribution in [0.2, 0.25) is 0 Å². The lowest BCUT2D eigenvalue weighted by Gasteiger charge is -2.05. The molecule has 1 heterocycles. The van der Waals surface area contributed by atoms with Gasteiger partial charge >= 0.3 is 12.0 Å². The molecule has 8 nitrogen and oxygen atoms in total. The number of rotatable bonds is 5. The molecule has 0 aliphatic rings. The van der Waals surface area contributed by atoms with E-state index >= 15 is 0 Å². The van der Waals surface area contributed by atoms with Crippen molar-refractivity contribution in [3.05, 3.63) is 0 Å².